The summed E-state index contributed by atoms with van der Waals surface area (Å²) in [6, 6.07) is 18.9. The normalized spacial score (nSPS) is 10.8. The molecule has 1 aromatic heterocycles. The summed E-state index contributed by atoms with van der Waals surface area (Å²) >= 11 is 0. The molecular formula is C23H26N4O2. The first-order chi connectivity index (χ1) is 13.9. The molecule has 3 rings (SSSR count). The molecule has 3 aromatic rings. The molecule has 1 heterocycles. The lowest BCUT2D eigenvalue weighted by Gasteiger charge is -2.16. The van der Waals surface area contributed by atoms with Gasteiger partial charge in [-0.25, -0.2) is 9.97 Å². The second kappa shape index (κ2) is 9.19. The van der Waals surface area contributed by atoms with E-state index in [1.54, 1.807) is 6.07 Å². The Morgan fingerprint density at radius 1 is 0.931 bits per heavy atom. The molecule has 29 heavy (non-hydrogen) atoms. The van der Waals surface area contributed by atoms with Gasteiger partial charge in [0.15, 0.2) is 5.82 Å². The van der Waals surface area contributed by atoms with Crippen molar-refractivity contribution >= 4 is 17.4 Å². The van der Waals surface area contributed by atoms with Gasteiger partial charge in [0, 0.05) is 17.7 Å². The maximum Gasteiger partial charge on any atom is 0.270 e. The van der Waals surface area contributed by atoms with Gasteiger partial charge in [0.05, 0.1) is 11.8 Å². The minimum atomic E-state index is -0.241. The van der Waals surface area contributed by atoms with Crippen LogP contribution in [0, 0.1) is 0 Å². The molecule has 0 unspecified atom stereocenters. The van der Waals surface area contributed by atoms with Crippen molar-refractivity contribution in [1.82, 2.24) is 15.3 Å². The van der Waals surface area contributed by atoms with Gasteiger partial charge in [-0.15, -0.1) is 0 Å². The Kier molecular flexibility index (Phi) is 6.44. The number of hydrogen-bond acceptors (Lipinski definition) is 5. The number of rotatable bonds is 7. The van der Waals surface area contributed by atoms with Gasteiger partial charge < -0.3 is 15.4 Å². The van der Waals surface area contributed by atoms with E-state index in [1.165, 1.54) is 0 Å². The first-order valence-corrected chi connectivity index (χ1v) is 9.70. The number of para-hydroxylation sites is 2. The topological polar surface area (TPSA) is 76.1 Å². The van der Waals surface area contributed by atoms with Crippen LogP contribution in [0.1, 0.15) is 38.2 Å². The van der Waals surface area contributed by atoms with Gasteiger partial charge in [-0.3, -0.25) is 4.79 Å². The lowest BCUT2D eigenvalue weighted by atomic mass is 10.2. The van der Waals surface area contributed by atoms with E-state index in [9.17, 15) is 4.79 Å². The van der Waals surface area contributed by atoms with Crippen LogP contribution >= 0.6 is 0 Å². The standard InChI is InChI=1S/C23H26N4O2/c1-15(2)24-23(28)19-14-21(27-22(26-19)17-10-6-5-7-11-17)25-18-12-8-9-13-20(18)29-16(3)4/h5-16H,1-4H3,(H,24,28)(H,25,26,27). The molecule has 0 saturated heterocycles. The zero-order valence-corrected chi connectivity index (χ0v) is 17.1. The third-order valence-corrected chi connectivity index (χ3v) is 3.92. The Morgan fingerprint density at radius 3 is 2.31 bits per heavy atom. The van der Waals surface area contributed by atoms with Crippen molar-refractivity contribution in [2.45, 2.75) is 39.8 Å². The second-order valence-electron chi connectivity index (χ2n) is 7.24. The van der Waals surface area contributed by atoms with Crippen LogP contribution in [-0.2, 0) is 0 Å². The molecule has 2 aromatic carbocycles. The SMILES string of the molecule is CC(C)NC(=O)c1cc(Nc2ccccc2OC(C)C)nc(-c2ccccc2)n1. The average molecular weight is 390 g/mol. The van der Waals surface area contributed by atoms with E-state index >= 15 is 0 Å². The Labute approximate surface area is 171 Å². The molecule has 6 heteroatoms. The first kappa shape index (κ1) is 20.3. The molecular weight excluding hydrogens is 364 g/mol. The van der Waals surface area contributed by atoms with Gasteiger partial charge in [0.25, 0.3) is 5.91 Å². The number of nitrogens with zero attached hydrogens (tertiary/aromatic N) is 2. The molecule has 0 fully saturated rings. The highest BCUT2D eigenvalue weighted by atomic mass is 16.5. The quantitative estimate of drug-likeness (QED) is 0.605. The Balaban J connectivity index is 2.01. The molecule has 150 valence electrons. The van der Waals surface area contributed by atoms with Crippen LogP contribution in [0.4, 0.5) is 11.5 Å². The lowest BCUT2D eigenvalue weighted by molar-refractivity contribution is 0.0938. The molecule has 0 aliphatic carbocycles. The number of hydrogen-bond donors (Lipinski definition) is 2. The molecule has 6 nitrogen and oxygen atoms in total. The number of aromatic nitrogens is 2. The van der Waals surface area contributed by atoms with Crippen LogP contribution < -0.4 is 15.4 Å². The molecule has 1 amide bonds. The van der Waals surface area contributed by atoms with E-state index in [-0.39, 0.29) is 18.1 Å². The summed E-state index contributed by atoms with van der Waals surface area (Å²) < 4.78 is 5.88. The Bertz CT molecular complexity index is 972. The fourth-order valence-electron chi connectivity index (χ4n) is 2.74. The highest BCUT2D eigenvalue weighted by molar-refractivity contribution is 5.93. The highest BCUT2D eigenvalue weighted by Gasteiger charge is 2.15. The van der Waals surface area contributed by atoms with Crippen LogP contribution in [-0.4, -0.2) is 28.0 Å². The maximum atomic E-state index is 12.6. The van der Waals surface area contributed by atoms with Crippen molar-refractivity contribution in [3.05, 3.63) is 66.4 Å². The minimum absolute atomic E-state index is 0.00853. The number of amides is 1. The fourth-order valence-corrected chi connectivity index (χ4v) is 2.74. The van der Waals surface area contributed by atoms with Crippen molar-refractivity contribution in [3.8, 4) is 17.1 Å². The molecule has 0 atom stereocenters. The summed E-state index contributed by atoms with van der Waals surface area (Å²) in [6.07, 6.45) is 0.0376. The van der Waals surface area contributed by atoms with Gasteiger partial charge in [0.2, 0.25) is 0 Å². The zero-order chi connectivity index (χ0) is 20.8. The average Bonchev–Trinajstić information content (AvgIpc) is 2.69. The van der Waals surface area contributed by atoms with Crippen molar-refractivity contribution in [3.63, 3.8) is 0 Å². The number of nitrogens with one attached hydrogen (secondary N) is 2. The highest BCUT2D eigenvalue weighted by Crippen LogP contribution is 2.28. The van der Waals surface area contributed by atoms with Crippen molar-refractivity contribution in [2.75, 3.05) is 5.32 Å². The summed E-state index contributed by atoms with van der Waals surface area (Å²) in [6.45, 7) is 7.78. The van der Waals surface area contributed by atoms with E-state index in [2.05, 4.69) is 20.6 Å². The smallest absolute Gasteiger partial charge is 0.270 e. The van der Waals surface area contributed by atoms with Crippen molar-refractivity contribution in [2.24, 2.45) is 0 Å². The van der Waals surface area contributed by atoms with Gasteiger partial charge in [-0.1, -0.05) is 42.5 Å². The van der Waals surface area contributed by atoms with Gasteiger partial charge in [-0.2, -0.15) is 0 Å². The van der Waals surface area contributed by atoms with Gasteiger partial charge in [0.1, 0.15) is 17.3 Å². The van der Waals surface area contributed by atoms with Crippen LogP contribution in [0.3, 0.4) is 0 Å². The molecule has 0 aliphatic rings. The summed E-state index contributed by atoms with van der Waals surface area (Å²) in [4.78, 5) is 21.7. The number of anilines is 2. The van der Waals surface area contributed by atoms with E-state index in [4.69, 9.17) is 4.74 Å². The predicted octanol–water partition coefficient (Wildman–Crippen LogP) is 4.81. The third-order valence-electron chi connectivity index (χ3n) is 3.92. The Morgan fingerprint density at radius 2 is 1.62 bits per heavy atom. The summed E-state index contributed by atoms with van der Waals surface area (Å²) in [5, 5.41) is 6.17. The van der Waals surface area contributed by atoms with E-state index < -0.39 is 0 Å². The Hall–Kier alpha value is -3.41. The molecule has 2 N–H and O–H groups in total. The molecule has 0 bridgehead atoms. The van der Waals surface area contributed by atoms with Gasteiger partial charge >= 0.3 is 0 Å². The predicted molar refractivity (Wildman–Crippen MR) is 116 cm³/mol. The number of carbonyl (C=O) groups excluding carboxylic acids is 1. The second-order valence-corrected chi connectivity index (χ2v) is 7.24. The van der Waals surface area contributed by atoms with Crippen LogP contribution in [0.15, 0.2) is 60.7 Å². The summed E-state index contributed by atoms with van der Waals surface area (Å²) in [5.74, 6) is 1.48. The van der Waals surface area contributed by atoms with E-state index in [0.717, 1.165) is 17.0 Å². The summed E-state index contributed by atoms with van der Waals surface area (Å²) in [7, 11) is 0. The number of carbonyl (C=O) groups is 1. The lowest BCUT2D eigenvalue weighted by Crippen LogP contribution is -2.31. The monoisotopic (exact) mass is 390 g/mol. The van der Waals surface area contributed by atoms with Crippen molar-refractivity contribution in [1.29, 1.82) is 0 Å². The first-order valence-electron chi connectivity index (χ1n) is 9.70. The van der Waals surface area contributed by atoms with Crippen molar-refractivity contribution < 1.29 is 9.53 Å². The molecule has 0 radical (unpaired) electrons. The van der Waals surface area contributed by atoms with Crippen LogP contribution in [0.25, 0.3) is 11.4 Å². The van der Waals surface area contributed by atoms with E-state index in [1.807, 2.05) is 82.3 Å². The van der Waals surface area contributed by atoms with Crippen LogP contribution in [0.2, 0.25) is 0 Å². The third kappa shape index (κ3) is 5.54. The molecule has 0 aliphatic heterocycles. The van der Waals surface area contributed by atoms with Gasteiger partial charge in [-0.05, 0) is 39.8 Å². The fraction of sp³-hybridized carbons (Fsp3) is 0.261. The van der Waals surface area contributed by atoms with E-state index in [0.29, 0.717) is 17.3 Å². The summed E-state index contributed by atoms with van der Waals surface area (Å²) in [5.41, 5.74) is 1.91. The number of benzene rings is 2. The number of ether oxygens (including phenoxy) is 1. The molecule has 0 spiro atoms. The zero-order valence-electron chi connectivity index (χ0n) is 17.1. The van der Waals surface area contributed by atoms with Crippen LogP contribution in [0.5, 0.6) is 5.75 Å². The minimum Gasteiger partial charge on any atom is -0.489 e. The maximum absolute atomic E-state index is 12.6. The largest absolute Gasteiger partial charge is 0.489 e. The molecule has 0 saturated carbocycles.